The number of nitrogens with one attached hydrogen (secondary N) is 1. The normalized spacial score (nSPS) is 13.5. The summed E-state index contributed by atoms with van der Waals surface area (Å²) >= 11 is 1.50. The van der Waals surface area contributed by atoms with Gasteiger partial charge in [-0.25, -0.2) is 5.43 Å². The van der Waals surface area contributed by atoms with Crippen LogP contribution in [-0.2, 0) is 6.18 Å². The van der Waals surface area contributed by atoms with E-state index in [1.807, 2.05) is 19.1 Å². The third-order valence-electron chi connectivity index (χ3n) is 2.76. The molecule has 6 heteroatoms. The molecule has 0 saturated carbocycles. The summed E-state index contributed by atoms with van der Waals surface area (Å²) in [5.41, 5.74) is 2.40. The highest BCUT2D eigenvalue weighted by molar-refractivity contribution is 7.12. The Morgan fingerprint density at radius 1 is 1.21 bits per heavy atom. The summed E-state index contributed by atoms with van der Waals surface area (Å²) in [5, 5.41) is 0. The molecular formula is C13H13F3N2S. The number of halogens is 3. The molecule has 2 nitrogen and oxygen atoms in total. The molecule has 0 amide bonds. The predicted molar refractivity (Wildman–Crippen MR) is 69.7 cm³/mol. The van der Waals surface area contributed by atoms with Crippen molar-refractivity contribution in [3.8, 4) is 0 Å². The number of hydrogen-bond acceptors (Lipinski definition) is 3. The maximum absolute atomic E-state index is 12.7. The van der Waals surface area contributed by atoms with Crippen molar-refractivity contribution in [3.63, 3.8) is 0 Å². The van der Waals surface area contributed by atoms with Crippen molar-refractivity contribution in [3.05, 3.63) is 57.3 Å². The minimum Gasteiger partial charge on any atom is -0.271 e. The molecule has 0 aliphatic heterocycles. The molecule has 0 bridgehead atoms. The molecule has 0 aliphatic rings. The van der Waals surface area contributed by atoms with Crippen molar-refractivity contribution in [2.45, 2.75) is 19.1 Å². The van der Waals surface area contributed by atoms with Crippen LogP contribution < -0.4 is 11.3 Å². The lowest BCUT2D eigenvalue weighted by atomic mass is 10.0. The molecule has 2 rings (SSSR count). The monoisotopic (exact) mass is 286 g/mol. The summed E-state index contributed by atoms with van der Waals surface area (Å²) in [6.07, 6.45) is -4.35. The van der Waals surface area contributed by atoms with E-state index in [1.54, 1.807) is 6.07 Å². The van der Waals surface area contributed by atoms with Crippen molar-refractivity contribution in [1.82, 2.24) is 5.43 Å². The molecule has 1 atom stereocenters. The Hall–Kier alpha value is -1.37. The standard InChI is InChI=1S/C13H13F3N2S/c1-8-5-6-11(19-8)12(18-17)9-3-2-4-10(7-9)13(14,15)16/h2-7,12,18H,17H2,1H3. The topological polar surface area (TPSA) is 38.0 Å². The van der Waals surface area contributed by atoms with Crippen molar-refractivity contribution < 1.29 is 13.2 Å². The SMILES string of the molecule is Cc1ccc(C(NN)c2cccc(C(F)(F)F)c2)s1. The highest BCUT2D eigenvalue weighted by Gasteiger charge is 2.31. The van der Waals surface area contributed by atoms with Crippen LogP contribution >= 0.6 is 11.3 Å². The lowest BCUT2D eigenvalue weighted by Crippen LogP contribution is -2.28. The minimum absolute atomic E-state index is 0.430. The van der Waals surface area contributed by atoms with Gasteiger partial charge < -0.3 is 0 Å². The first-order valence-corrected chi connectivity index (χ1v) is 6.43. The van der Waals surface area contributed by atoms with Gasteiger partial charge in [-0.2, -0.15) is 13.2 Å². The van der Waals surface area contributed by atoms with Gasteiger partial charge in [0.15, 0.2) is 0 Å². The molecule has 102 valence electrons. The zero-order valence-corrected chi connectivity index (χ0v) is 11.0. The van der Waals surface area contributed by atoms with E-state index in [-0.39, 0.29) is 0 Å². The molecule has 2 aromatic rings. The van der Waals surface area contributed by atoms with Crippen molar-refractivity contribution in [1.29, 1.82) is 0 Å². The second-order valence-electron chi connectivity index (χ2n) is 4.17. The van der Waals surface area contributed by atoms with Crippen LogP contribution in [0.4, 0.5) is 13.2 Å². The van der Waals surface area contributed by atoms with Crippen LogP contribution in [0.1, 0.15) is 26.9 Å². The van der Waals surface area contributed by atoms with Crippen LogP contribution in [0.3, 0.4) is 0 Å². The second-order valence-corrected chi connectivity index (χ2v) is 5.49. The number of alkyl halides is 3. The molecule has 0 radical (unpaired) electrons. The number of aryl methyl sites for hydroxylation is 1. The van der Waals surface area contributed by atoms with Crippen LogP contribution in [-0.4, -0.2) is 0 Å². The van der Waals surface area contributed by atoms with Gasteiger partial charge in [-0.1, -0.05) is 12.1 Å². The predicted octanol–water partition coefficient (Wildman–Crippen LogP) is 3.63. The highest BCUT2D eigenvalue weighted by atomic mass is 32.1. The number of hydrazine groups is 1. The average molecular weight is 286 g/mol. The summed E-state index contributed by atoms with van der Waals surface area (Å²) in [4.78, 5) is 1.97. The number of nitrogens with two attached hydrogens (primary N) is 1. The number of hydrogen-bond donors (Lipinski definition) is 2. The van der Waals surface area contributed by atoms with E-state index in [1.165, 1.54) is 17.4 Å². The third-order valence-corrected chi connectivity index (χ3v) is 3.83. The van der Waals surface area contributed by atoms with Crippen molar-refractivity contribution in [2.24, 2.45) is 5.84 Å². The Bertz CT molecular complexity index is 563. The molecule has 1 aromatic heterocycles. The van der Waals surface area contributed by atoms with Crippen LogP contribution in [0.2, 0.25) is 0 Å². The summed E-state index contributed by atoms with van der Waals surface area (Å²) in [6, 6.07) is 8.55. The van der Waals surface area contributed by atoms with Gasteiger partial charge in [0.2, 0.25) is 0 Å². The van der Waals surface area contributed by atoms with E-state index in [4.69, 9.17) is 5.84 Å². The van der Waals surface area contributed by atoms with Gasteiger partial charge in [0.25, 0.3) is 0 Å². The van der Waals surface area contributed by atoms with Crippen LogP contribution in [0.25, 0.3) is 0 Å². The van der Waals surface area contributed by atoms with E-state index in [2.05, 4.69) is 5.43 Å². The molecule has 0 saturated heterocycles. The number of thiophene rings is 1. The first-order valence-electron chi connectivity index (χ1n) is 5.61. The first kappa shape index (κ1) is 14.0. The molecule has 3 N–H and O–H groups in total. The van der Waals surface area contributed by atoms with E-state index in [9.17, 15) is 13.2 Å². The molecule has 1 unspecified atom stereocenters. The molecule has 1 heterocycles. The van der Waals surface area contributed by atoms with Crippen molar-refractivity contribution >= 4 is 11.3 Å². The quantitative estimate of drug-likeness (QED) is 0.668. The van der Waals surface area contributed by atoms with Gasteiger partial charge in [0.1, 0.15) is 0 Å². The zero-order valence-electron chi connectivity index (χ0n) is 10.2. The Kier molecular flexibility index (Phi) is 3.93. The van der Waals surface area contributed by atoms with E-state index >= 15 is 0 Å². The molecule has 0 fully saturated rings. The Morgan fingerprint density at radius 2 is 1.95 bits per heavy atom. The van der Waals surface area contributed by atoms with Gasteiger partial charge >= 0.3 is 6.18 Å². The average Bonchev–Trinajstić information content (AvgIpc) is 2.76. The summed E-state index contributed by atoms with van der Waals surface area (Å²) in [6.45, 7) is 1.94. The highest BCUT2D eigenvalue weighted by Crippen LogP contribution is 2.33. The number of rotatable bonds is 3. The summed E-state index contributed by atoms with van der Waals surface area (Å²) in [7, 11) is 0. The minimum atomic E-state index is -4.35. The Labute approximate surface area is 113 Å². The second kappa shape index (κ2) is 5.32. The van der Waals surface area contributed by atoms with Crippen LogP contribution in [0.15, 0.2) is 36.4 Å². The van der Waals surface area contributed by atoms with Crippen LogP contribution in [0, 0.1) is 6.92 Å². The lowest BCUT2D eigenvalue weighted by molar-refractivity contribution is -0.137. The number of benzene rings is 1. The molecule has 0 aliphatic carbocycles. The van der Waals surface area contributed by atoms with E-state index in [0.29, 0.717) is 5.56 Å². The van der Waals surface area contributed by atoms with Gasteiger partial charge in [0, 0.05) is 9.75 Å². The van der Waals surface area contributed by atoms with Gasteiger partial charge in [-0.05, 0) is 36.8 Å². The van der Waals surface area contributed by atoms with Crippen LogP contribution in [0.5, 0.6) is 0 Å². The Morgan fingerprint density at radius 3 is 2.47 bits per heavy atom. The maximum Gasteiger partial charge on any atom is 0.416 e. The largest absolute Gasteiger partial charge is 0.416 e. The first-order chi connectivity index (χ1) is 8.91. The van der Waals surface area contributed by atoms with E-state index in [0.717, 1.165) is 21.9 Å². The summed E-state index contributed by atoms with van der Waals surface area (Å²) < 4.78 is 38.1. The smallest absolute Gasteiger partial charge is 0.271 e. The Balaban J connectivity index is 2.39. The molecule has 19 heavy (non-hydrogen) atoms. The van der Waals surface area contributed by atoms with Gasteiger partial charge in [-0.3, -0.25) is 5.84 Å². The third kappa shape index (κ3) is 3.15. The fraction of sp³-hybridized carbons (Fsp3) is 0.231. The fourth-order valence-corrected chi connectivity index (χ4v) is 2.81. The molecular weight excluding hydrogens is 273 g/mol. The van der Waals surface area contributed by atoms with Gasteiger partial charge in [-0.15, -0.1) is 11.3 Å². The zero-order chi connectivity index (χ0) is 14.0. The maximum atomic E-state index is 12.7. The van der Waals surface area contributed by atoms with E-state index < -0.39 is 17.8 Å². The van der Waals surface area contributed by atoms with Gasteiger partial charge in [0.05, 0.1) is 11.6 Å². The molecule has 1 aromatic carbocycles. The van der Waals surface area contributed by atoms with Crippen molar-refractivity contribution in [2.75, 3.05) is 0 Å². The molecule has 0 spiro atoms. The lowest BCUT2D eigenvalue weighted by Gasteiger charge is -2.16. The summed E-state index contributed by atoms with van der Waals surface area (Å²) in [5.74, 6) is 5.48. The fourth-order valence-electron chi connectivity index (χ4n) is 1.85.